The van der Waals surface area contributed by atoms with Crippen LogP contribution < -0.4 is 10.2 Å². The Kier molecular flexibility index (Phi) is 5.67. The highest BCUT2D eigenvalue weighted by atomic mass is 16.7. The average Bonchev–Trinajstić information content (AvgIpc) is 2.75. The van der Waals surface area contributed by atoms with Crippen LogP contribution in [0.1, 0.15) is 0 Å². The molecule has 1 fully saturated rings. The van der Waals surface area contributed by atoms with Crippen molar-refractivity contribution in [3.05, 3.63) is 46.8 Å². The van der Waals surface area contributed by atoms with E-state index < -0.39 is 48.5 Å². The van der Waals surface area contributed by atoms with Crippen LogP contribution >= 0.6 is 0 Å². The van der Waals surface area contributed by atoms with Crippen molar-refractivity contribution in [2.75, 3.05) is 6.61 Å². The van der Waals surface area contributed by atoms with E-state index in [4.69, 9.17) is 13.9 Å². The lowest BCUT2D eigenvalue weighted by atomic mass is 9.99. The molecule has 1 saturated heterocycles. The Labute approximate surface area is 179 Å². The van der Waals surface area contributed by atoms with Crippen molar-refractivity contribution in [2.24, 2.45) is 0 Å². The van der Waals surface area contributed by atoms with E-state index in [1.165, 1.54) is 18.2 Å². The van der Waals surface area contributed by atoms with E-state index in [-0.39, 0.29) is 39.3 Å². The molecular weight excluding hydrogens is 428 g/mol. The maximum absolute atomic E-state index is 12.9. The number of aliphatic hydroxyl groups is 4. The molecule has 0 radical (unpaired) electrons. The van der Waals surface area contributed by atoms with Crippen LogP contribution in [0.15, 0.2) is 45.8 Å². The minimum atomic E-state index is -1.67. The van der Waals surface area contributed by atoms with E-state index in [0.29, 0.717) is 0 Å². The Bertz CT molecular complexity index is 1200. The fraction of sp³-hybridized carbons (Fsp3) is 0.286. The van der Waals surface area contributed by atoms with Gasteiger partial charge in [0.2, 0.25) is 11.7 Å². The molecule has 32 heavy (non-hydrogen) atoms. The summed E-state index contributed by atoms with van der Waals surface area (Å²) < 4.78 is 16.1. The van der Waals surface area contributed by atoms with Gasteiger partial charge in [-0.25, -0.2) is 0 Å². The zero-order valence-corrected chi connectivity index (χ0v) is 16.3. The summed E-state index contributed by atoms with van der Waals surface area (Å²) >= 11 is 0. The second kappa shape index (κ2) is 8.30. The first-order valence-corrected chi connectivity index (χ1v) is 9.49. The highest BCUT2D eigenvalue weighted by Gasteiger charge is 2.44. The lowest BCUT2D eigenvalue weighted by Crippen LogP contribution is -2.60. The molecule has 4 rings (SSSR count). The van der Waals surface area contributed by atoms with Gasteiger partial charge in [-0.3, -0.25) is 4.79 Å². The van der Waals surface area contributed by atoms with E-state index in [1.807, 2.05) is 0 Å². The number of benzene rings is 2. The molecule has 1 aliphatic rings. The molecule has 1 aliphatic heterocycles. The van der Waals surface area contributed by atoms with Gasteiger partial charge in [-0.2, -0.15) is 0 Å². The van der Waals surface area contributed by atoms with E-state index in [2.05, 4.69) is 0 Å². The van der Waals surface area contributed by atoms with Crippen LogP contribution in [-0.2, 0) is 4.74 Å². The van der Waals surface area contributed by atoms with Crippen LogP contribution in [0, 0.1) is 0 Å². The first-order chi connectivity index (χ1) is 15.2. The molecule has 11 heteroatoms. The van der Waals surface area contributed by atoms with Gasteiger partial charge in [0.05, 0.1) is 12.2 Å². The lowest BCUT2D eigenvalue weighted by molar-refractivity contribution is -0.277. The molecule has 2 heterocycles. The van der Waals surface area contributed by atoms with Crippen molar-refractivity contribution in [2.45, 2.75) is 30.7 Å². The second-order valence-corrected chi connectivity index (χ2v) is 7.31. The number of rotatable bonds is 4. The van der Waals surface area contributed by atoms with Gasteiger partial charge in [0.25, 0.3) is 0 Å². The molecule has 3 aromatic rings. The molecule has 0 bridgehead atoms. The van der Waals surface area contributed by atoms with Gasteiger partial charge in [-0.15, -0.1) is 0 Å². The zero-order chi connectivity index (χ0) is 23.2. The van der Waals surface area contributed by atoms with Crippen LogP contribution in [0.2, 0.25) is 0 Å². The Morgan fingerprint density at radius 2 is 1.66 bits per heavy atom. The predicted molar refractivity (Wildman–Crippen MR) is 107 cm³/mol. The van der Waals surface area contributed by atoms with Gasteiger partial charge in [-0.05, 0) is 12.1 Å². The number of phenols is 3. The summed E-state index contributed by atoms with van der Waals surface area (Å²) in [4.78, 5) is 12.9. The molecule has 0 amide bonds. The van der Waals surface area contributed by atoms with Crippen molar-refractivity contribution in [3.8, 4) is 34.1 Å². The van der Waals surface area contributed by atoms with E-state index >= 15 is 0 Å². The van der Waals surface area contributed by atoms with E-state index in [0.717, 1.165) is 18.4 Å². The first-order valence-electron chi connectivity index (χ1n) is 9.49. The predicted octanol–water partition coefficient (Wildman–Crippen LogP) is -0.245. The van der Waals surface area contributed by atoms with Crippen molar-refractivity contribution in [1.29, 1.82) is 0 Å². The minimum absolute atomic E-state index is 0.0621. The number of aliphatic hydroxyl groups excluding tert-OH is 4. The fourth-order valence-electron chi connectivity index (χ4n) is 3.51. The lowest BCUT2D eigenvalue weighted by Gasteiger charge is -2.39. The maximum Gasteiger partial charge on any atom is 0.229 e. The topological polar surface area (TPSA) is 190 Å². The monoisotopic (exact) mass is 448 g/mol. The van der Waals surface area contributed by atoms with Gasteiger partial charge in [0.1, 0.15) is 64.6 Å². The van der Waals surface area contributed by atoms with Crippen molar-refractivity contribution in [1.82, 2.24) is 0 Å². The molecule has 2 aromatic carbocycles. The fourth-order valence-corrected chi connectivity index (χ4v) is 3.51. The summed E-state index contributed by atoms with van der Waals surface area (Å²) in [6.07, 6.45) is -6.51. The first kappa shape index (κ1) is 21.9. The van der Waals surface area contributed by atoms with Gasteiger partial charge in [0.15, 0.2) is 0 Å². The molecule has 0 spiro atoms. The summed E-state index contributed by atoms with van der Waals surface area (Å²) in [7, 11) is 0. The van der Waals surface area contributed by atoms with Crippen LogP contribution in [0.25, 0.3) is 22.1 Å². The van der Waals surface area contributed by atoms with Crippen LogP contribution in [0.3, 0.4) is 0 Å². The third kappa shape index (κ3) is 3.72. The Morgan fingerprint density at radius 3 is 2.34 bits per heavy atom. The van der Waals surface area contributed by atoms with Crippen molar-refractivity contribution < 1.29 is 49.6 Å². The molecule has 1 aromatic heterocycles. The second-order valence-electron chi connectivity index (χ2n) is 7.31. The van der Waals surface area contributed by atoms with Crippen molar-refractivity contribution in [3.63, 3.8) is 0 Å². The maximum atomic E-state index is 12.9. The average molecular weight is 448 g/mol. The quantitative estimate of drug-likeness (QED) is 0.279. The smallest absolute Gasteiger partial charge is 0.229 e. The molecule has 7 N–H and O–H groups in total. The highest BCUT2D eigenvalue weighted by Crippen LogP contribution is 2.35. The summed E-state index contributed by atoms with van der Waals surface area (Å²) in [6.45, 7) is -0.643. The standard InChI is InChI=1S/C21H20O11/c22-6-15-18(27)19(28)20(29)21(32-15)31-9-4-13(25)16-14(5-9)30-7-11(17(16)26)10-2-1-8(23)3-12(10)24/h1-5,7,15,18-25,27-29H,6H2/t15-,18+,19-,20+,21+/m0/s1. The molecule has 5 atom stereocenters. The number of phenolic OH excluding ortho intramolecular Hbond substituents is 3. The molecule has 0 aliphatic carbocycles. The summed E-state index contributed by atoms with van der Waals surface area (Å²) in [5, 5.41) is 68.7. The summed E-state index contributed by atoms with van der Waals surface area (Å²) in [6, 6.07) is 5.93. The number of hydrogen-bond acceptors (Lipinski definition) is 11. The van der Waals surface area contributed by atoms with E-state index in [1.54, 1.807) is 0 Å². The van der Waals surface area contributed by atoms with Gasteiger partial charge in [-0.1, -0.05) is 0 Å². The number of ether oxygens (including phenoxy) is 2. The van der Waals surface area contributed by atoms with E-state index in [9.17, 15) is 40.5 Å². The Balaban J connectivity index is 1.70. The van der Waals surface area contributed by atoms with Gasteiger partial charge >= 0.3 is 0 Å². The molecule has 0 saturated carbocycles. The van der Waals surface area contributed by atoms with Gasteiger partial charge in [0, 0.05) is 23.8 Å². The molecule has 11 nitrogen and oxygen atoms in total. The largest absolute Gasteiger partial charge is 0.508 e. The third-order valence-corrected chi connectivity index (χ3v) is 5.20. The number of aromatic hydroxyl groups is 3. The molecule has 170 valence electrons. The van der Waals surface area contributed by atoms with Crippen LogP contribution in [0.4, 0.5) is 0 Å². The number of fused-ring (bicyclic) bond motifs is 1. The SMILES string of the molecule is O=c1c(-c2ccc(O)cc2O)coc2cc(O[C@@H]3O[C@@H](CO)[C@@H](O)[C@H](O)[C@H]3O)cc(O)c12. The highest BCUT2D eigenvalue weighted by molar-refractivity contribution is 5.88. The Morgan fingerprint density at radius 1 is 0.906 bits per heavy atom. The summed E-state index contributed by atoms with van der Waals surface area (Å²) in [5.74, 6) is -1.19. The zero-order valence-electron chi connectivity index (χ0n) is 16.3. The molecule has 0 unspecified atom stereocenters. The van der Waals surface area contributed by atoms with Crippen molar-refractivity contribution >= 4 is 11.0 Å². The van der Waals surface area contributed by atoms with Gasteiger partial charge < -0.3 is 49.6 Å². The Hall–Kier alpha value is -3.35. The van der Waals surface area contributed by atoms with Crippen LogP contribution in [-0.4, -0.2) is 73.1 Å². The summed E-state index contributed by atoms with van der Waals surface area (Å²) in [5.41, 5.74) is -0.729. The number of hydrogen-bond donors (Lipinski definition) is 7. The minimum Gasteiger partial charge on any atom is -0.508 e. The molecular formula is C21H20O11. The normalized spacial score (nSPS) is 25.7. The van der Waals surface area contributed by atoms with Crippen LogP contribution in [0.5, 0.6) is 23.0 Å². The third-order valence-electron chi connectivity index (χ3n) is 5.20.